The molecule has 0 spiro atoms. The maximum absolute atomic E-state index is 11.9. The number of aromatic nitrogens is 1. The smallest absolute Gasteiger partial charge is 0.226 e. The third-order valence-electron chi connectivity index (χ3n) is 4.06. The van der Waals surface area contributed by atoms with E-state index in [1.165, 1.54) is 29.8 Å². The number of rotatable bonds is 4. The van der Waals surface area contributed by atoms with Crippen LogP contribution in [-0.4, -0.2) is 23.6 Å². The summed E-state index contributed by atoms with van der Waals surface area (Å²) in [5, 5.41) is 3.74. The number of thiazole rings is 1. The van der Waals surface area contributed by atoms with Crippen molar-refractivity contribution in [3.63, 3.8) is 0 Å². The standard InChI is InChI=1S/C15H22N2O2S/c18-14(9-8-11-5-4-10-19-11)17-15-16-12-6-2-1-3-7-13(12)20-15/h11H,1-10H2,(H,16,17,18)/t11-/m1/s1. The molecule has 2 heterocycles. The van der Waals surface area contributed by atoms with Crippen molar-refractivity contribution in [2.24, 2.45) is 0 Å². The fourth-order valence-electron chi connectivity index (χ4n) is 2.93. The normalized spacial score (nSPS) is 22.3. The first-order chi connectivity index (χ1) is 9.81. The zero-order valence-electron chi connectivity index (χ0n) is 11.8. The van der Waals surface area contributed by atoms with Crippen molar-refractivity contribution in [3.05, 3.63) is 10.6 Å². The molecule has 0 bridgehead atoms. The number of anilines is 1. The van der Waals surface area contributed by atoms with Gasteiger partial charge >= 0.3 is 0 Å². The third kappa shape index (κ3) is 3.58. The van der Waals surface area contributed by atoms with Crippen LogP contribution in [0.25, 0.3) is 0 Å². The average molecular weight is 294 g/mol. The summed E-state index contributed by atoms with van der Waals surface area (Å²) >= 11 is 1.66. The Balaban J connectivity index is 1.50. The minimum absolute atomic E-state index is 0.0735. The van der Waals surface area contributed by atoms with Crippen LogP contribution in [-0.2, 0) is 22.4 Å². The van der Waals surface area contributed by atoms with Crippen molar-refractivity contribution in [2.45, 2.75) is 63.9 Å². The van der Waals surface area contributed by atoms with E-state index in [1.54, 1.807) is 11.3 Å². The molecule has 3 rings (SSSR count). The van der Waals surface area contributed by atoms with Gasteiger partial charge in [0.05, 0.1) is 11.8 Å². The minimum Gasteiger partial charge on any atom is -0.378 e. The second-order valence-electron chi connectivity index (χ2n) is 5.67. The molecule has 4 nitrogen and oxygen atoms in total. The van der Waals surface area contributed by atoms with Crippen LogP contribution in [0.1, 0.15) is 55.5 Å². The van der Waals surface area contributed by atoms with Crippen molar-refractivity contribution >= 4 is 22.4 Å². The predicted octanol–water partition coefficient (Wildman–Crippen LogP) is 3.31. The molecule has 0 radical (unpaired) electrons. The number of nitrogens with one attached hydrogen (secondary N) is 1. The summed E-state index contributed by atoms with van der Waals surface area (Å²) in [5.41, 5.74) is 1.21. The Morgan fingerprint density at radius 3 is 3.05 bits per heavy atom. The zero-order valence-corrected chi connectivity index (χ0v) is 12.6. The van der Waals surface area contributed by atoms with E-state index < -0.39 is 0 Å². The van der Waals surface area contributed by atoms with E-state index in [1.807, 2.05) is 0 Å². The van der Waals surface area contributed by atoms with Gasteiger partial charge in [0.15, 0.2) is 5.13 Å². The molecule has 0 unspecified atom stereocenters. The number of nitrogens with zero attached hydrogens (tertiary/aromatic N) is 1. The van der Waals surface area contributed by atoms with Gasteiger partial charge in [0.2, 0.25) is 5.91 Å². The summed E-state index contributed by atoms with van der Waals surface area (Å²) in [7, 11) is 0. The minimum atomic E-state index is 0.0735. The van der Waals surface area contributed by atoms with E-state index in [0.29, 0.717) is 6.42 Å². The molecule has 1 aliphatic carbocycles. The van der Waals surface area contributed by atoms with Crippen LogP contribution in [0.5, 0.6) is 0 Å². The molecule has 1 fully saturated rings. The number of carbonyl (C=O) groups is 1. The van der Waals surface area contributed by atoms with Crippen LogP contribution in [0.4, 0.5) is 5.13 Å². The van der Waals surface area contributed by atoms with E-state index in [9.17, 15) is 4.79 Å². The van der Waals surface area contributed by atoms with Gasteiger partial charge in [-0.1, -0.05) is 6.42 Å². The first-order valence-electron chi connectivity index (χ1n) is 7.71. The van der Waals surface area contributed by atoms with E-state index >= 15 is 0 Å². The molecule has 2 aliphatic rings. The van der Waals surface area contributed by atoms with Crippen molar-refractivity contribution in [2.75, 3.05) is 11.9 Å². The fourth-order valence-corrected chi connectivity index (χ4v) is 3.99. The largest absolute Gasteiger partial charge is 0.378 e. The maximum Gasteiger partial charge on any atom is 0.226 e. The Morgan fingerprint density at radius 1 is 1.30 bits per heavy atom. The average Bonchev–Trinajstić information content (AvgIpc) is 3.03. The Morgan fingerprint density at radius 2 is 2.20 bits per heavy atom. The molecule has 1 saturated heterocycles. The molecule has 1 amide bonds. The summed E-state index contributed by atoms with van der Waals surface area (Å²) in [6, 6.07) is 0. The lowest BCUT2D eigenvalue weighted by molar-refractivity contribution is -0.116. The highest BCUT2D eigenvalue weighted by Crippen LogP contribution is 2.29. The molecule has 110 valence electrons. The van der Waals surface area contributed by atoms with Crippen LogP contribution < -0.4 is 5.32 Å². The summed E-state index contributed by atoms with van der Waals surface area (Å²) in [6.07, 6.45) is 9.84. The number of fused-ring (bicyclic) bond motifs is 1. The van der Waals surface area contributed by atoms with Gasteiger partial charge in [-0.2, -0.15) is 0 Å². The second kappa shape index (κ2) is 6.68. The predicted molar refractivity (Wildman–Crippen MR) is 80.2 cm³/mol. The molecule has 5 heteroatoms. The molecule has 20 heavy (non-hydrogen) atoms. The second-order valence-corrected chi connectivity index (χ2v) is 6.76. The van der Waals surface area contributed by atoms with Crippen LogP contribution in [0.15, 0.2) is 0 Å². The van der Waals surface area contributed by atoms with E-state index in [2.05, 4.69) is 10.3 Å². The molecule has 1 aliphatic heterocycles. The summed E-state index contributed by atoms with van der Waals surface area (Å²) < 4.78 is 5.54. The van der Waals surface area contributed by atoms with E-state index in [-0.39, 0.29) is 12.0 Å². The van der Waals surface area contributed by atoms with Crippen molar-refractivity contribution < 1.29 is 9.53 Å². The van der Waals surface area contributed by atoms with E-state index in [4.69, 9.17) is 4.74 Å². The van der Waals surface area contributed by atoms with Crippen molar-refractivity contribution in [3.8, 4) is 0 Å². The van der Waals surface area contributed by atoms with Gasteiger partial charge in [-0.05, 0) is 44.9 Å². The van der Waals surface area contributed by atoms with Gasteiger partial charge in [0, 0.05) is 17.9 Å². The zero-order chi connectivity index (χ0) is 13.8. The monoisotopic (exact) mass is 294 g/mol. The van der Waals surface area contributed by atoms with Crippen LogP contribution in [0, 0.1) is 0 Å². The first kappa shape index (κ1) is 14.0. The SMILES string of the molecule is O=C(CC[C@H]1CCCO1)Nc1nc2c(s1)CCCCC2. The molecular formula is C15H22N2O2S. The molecule has 1 atom stereocenters. The molecule has 1 aromatic rings. The summed E-state index contributed by atoms with van der Waals surface area (Å²) in [6.45, 7) is 0.853. The highest BCUT2D eigenvalue weighted by Gasteiger charge is 2.18. The Bertz CT molecular complexity index is 443. The number of hydrogen-bond acceptors (Lipinski definition) is 4. The fraction of sp³-hybridized carbons (Fsp3) is 0.733. The third-order valence-corrected chi connectivity index (χ3v) is 5.13. The molecule has 0 aromatic carbocycles. The first-order valence-corrected chi connectivity index (χ1v) is 8.53. The van der Waals surface area contributed by atoms with Gasteiger partial charge in [-0.3, -0.25) is 4.79 Å². The Kier molecular flexibility index (Phi) is 4.68. The lowest BCUT2D eigenvalue weighted by Gasteiger charge is -2.08. The van der Waals surface area contributed by atoms with Gasteiger partial charge in [0.25, 0.3) is 0 Å². The van der Waals surface area contributed by atoms with E-state index in [0.717, 1.165) is 43.8 Å². The van der Waals surface area contributed by atoms with Crippen LogP contribution in [0.2, 0.25) is 0 Å². The Hall–Kier alpha value is -0.940. The Labute approximate surface area is 123 Å². The van der Waals surface area contributed by atoms with Crippen molar-refractivity contribution in [1.82, 2.24) is 4.98 Å². The molecule has 1 aromatic heterocycles. The lowest BCUT2D eigenvalue weighted by Crippen LogP contribution is -2.15. The highest BCUT2D eigenvalue weighted by molar-refractivity contribution is 7.15. The lowest BCUT2D eigenvalue weighted by atomic mass is 10.1. The number of amides is 1. The number of aryl methyl sites for hydroxylation is 2. The quantitative estimate of drug-likeness (QED) is 0.867. The number of carbonyl (C=O) groups excluding carboxylic acids is 1. The van der Waals surface area contributed by atoms with Crippen LogP contribution >= 0.6 is 11.3 Å². The maximum atomic E-state index is 11.9. The van der Waals surface area contributed by atoms with Gasteiger partial charge in [-0.25, -0.2) is 4.98 Å². The van der Waals surface area contributed by atoms with Crippen molar-refractivity contribution in [1.29, 1.82) is 0 Å². The summed E-state index contributed by atoms with van der Waals surface area (Å²) in [4.78, 5) is 17.9. The number of ether oxygens (including phenoxy) is 1. The van der Waals surface area contributed by atoms with Crippen LogP contribution in [0.3, 0.4) is 0 Å². The molecule has 1 N–H and O–H groups in total. The van der Waals surface area contributed by atoms with Gasteiger partial charge < -0.3 is 10.1 Å². The summed E-state index contributed by atoms with van der Waals surface area (Å²) in [5.74, 6) is 0.0735. The van der Waals surface area contributed by atoms with Gasteiger partial charge in [0.1, 0.15) is 0 Å². The molecule has 0 saturated carbocycles. The van der Waals surface area contributed by atoms with Gasteiger partial charge in [-0.15, -0.1) is 11.3 Å². The molecular weight excluding hydrogens is 272 g/mol. The highest BCUT2D eigenvalue weighted by atomic mass is 32.1. The number of hydrogen-bond donors (Lipinski definition) is 1. The topological polar surface area (TPSA) is 51.2 Å².